The molecule has 0 fully saturated rings. The lowest BCUT2D eigenvalue weighted by Crippen LogP contribution is -2.29. The first kappa shape index (κ1) is 51.8. The Morgan fingerprint density at radius 1 is 0.566 bits per heavy atom. The van der Waals surface area contributed by atoms with Crippen LogP contribution in [0.25, 0.3) is 0 Å². The van der Waals surface area contributed by atoms with Crippen LogP contribution in [0.3, 0.4) is 0 Å². The van der Waals surface area contributed by atoms with Crippen LogP contribution in [0.2, 0.25) is 0 Å². The summed E-state index contributed by atoms with van der Waals surface area (Å²) >= 11 is 0. The Hall–Kier alpha value is -1.25. The highest BCUT2D eigenvalue weighted by Gasteiger charge is 2.26. The van der Waals surface area contributed by atoms with Crippen LogP contribution in [0.4, 0.5) is 0 Å². The van der Waals surface area contributed by atoms with Crippen molar-refractivity contribution in [2.45, 2.75) is 213 Å². The topological polar surface area (TPSA) is 112 Å². The maximum atomic E-state index is 12.6. The van der Waals surface area contributed by atoms with Crippen molar-refractivity contribution < 1.29 is 37.6 Å². The minimum Gasteiger partial charge on any atom is -0.462 e. The van der Waals surface area contributed by atoms with Crippen molar-refractivity contribution >= 4 is 19.8 Å². The van der Waals surface area contributed by atoms with Gasteiger partial charge in [0.1, 0.15) is 6.61 Å². The third kappa shape index (κ3) is 40.2. The fourth-order valence-electron chi connectivity index (χ4n) is 6.14. The van der Waals surface area contributed by atoms with Crippen LogP contribution < -0.4 is 0 Å². The molecule has 2 unspecified atom stereocenters. The van der Waals surface area contributed by atoms with Gasteiger partial charge in [-0.3, -0.25) is 18.6 Å². The standard InChI is InChI=1S/C43H84NO8P/c1-5-7-9-11-13-15-17-18-19-20-21-22-23-24-26-28-30-32-34-36-43(46)52-41(40-51-53(47,48)50-38-37-44(3)4)39-49-42(45)35-33-31-29-27-25-16-14-12-10-8-6-2/h12,14,41H,5-11,13,15-40H2,1-4H3,(H,47,48)/b14-12-. The summed E-state index contributed by atoms with van der Waals surface area (Å²) in [5.74, 6) is -0.804. The molecule has 0 aromatic rings. The molecule has 0 saturated carbocycles. The Kier molecular flexibility index (Phi) is 38.1. The average Bonchev–Trinajstić information content (AvgIpc) is 3.12. The van der Waals surface area contributed by atoms with Gasteiger partial charge in [0.15, 0.2) is 6.10 Å². The predicted octanol–water partition coefficient (Wildman–Crippen LogP) is 12.4. The fourth-order valence-corrected chi connectivity index (χ4v) is 6.88. The van der Waals surface area contributed by atoms with Gasteiger partial charge in [-0.15, -0.1) is 0 Å². The largest absolute Gasteiger partial charge is 0.472 e. The molecular weight excluding hydrogens is 689 g/mol. The summed E-state index contributed by atoms with van der Waals surface area (Å²) in [5, 5.41) is 0. The van der Waals surface area contributed by atoms with Crippen LogP contribution in [0.5, 0.6) is 0 Å². The minimum absolute atomic E-state index is 0.00920. The van der Waals surface area contributed by atoms with E-state index in [2.05, 4.69) is 26.0 Å². The van der Waals surface area contributed by atoms with Gasteiger partial charge < -0.3 is 19.3 Å². The zero-order valence-corrected chi connectivity index (χ0v) is 35.9. The van der Waals surface area contributed by atoms with Crippen molar-refractivity contribution in [2.75, 3.05) is 40.5 Å². The summed E-state index contributed by atoms with van der Waals surface area (Å²) in [6.07, 6.45) is 38.3. The summed E-state index contributed by atoms with van der Waals surface area (Å²) in [5.41, 5.74) is 0. The highest BCUT2D eigenvalue weighted by atomic mass is 31.2. The van der Waals surface area contributed by atoms with E-state index in [1.54, 1.807) is 0 Å². The third-order valence-electron chi connectivity index (χ3n) is 9.57. The van der Waals surface area contributed by atoms with Gasteiger partial charge in [0, 0.05) is 19.4 Å². The molecule has 53 heavy (non-hydrogen) atoms. The normalized spacial score (nSPS) is 13.5. The lowest BCUT2D eigenvalue weighted by atomic mass is 10.0. The summed E-state index contributed by atoms with van der Waals surface area (Å²) in [6, 6.07) is 0. The molecule has 0 aromatic carbocycles. The number of ether oxygens (including phenoxy) is 2. The Bertz CT molecular complexity index is 900. The highest BCUT2D eigenvalue weighted by Crippen LogP contribution is 2.43. The molecule has 0 radical (unpaired) electrons. The highest BCUT2D eigenvalue weighted by molar-refractivity contribution is 7.47. The molecule has 0 aliphatic carbocycles. The van der Waals surface area contributed by atoms with Crippen LogP contribution in [-0.4, -0.2) is 68.3 Å². The lowest BCUT2D eigenvalue weighted by Gasteiger charge is -2.20. The van der Waals surface area contributed by atoms with E-state index in [1.807, 2.05) is 19.0 Å². The molecule has 9 nitrogen and oxygen atoms in total. The van der Waals surface area contributed by atoms with Gasteiger partial charge in [-0.2, -0.15) is 0 Å². The number of hydrogen-bond acceptors (Lipinski definition) is 8. The smallest absolute Gasteiger partial charge is 0.462 e. The lowest BCUT2D eigenvalue weighted by molar-refractivity contribution is -0.161. The molecule has 0 heterocycles. The van der Waals surface area contributed by atoms with Gasteiger partial charge in [-0.05, 0) is 46.2 Å². The van der Waals surface area contributed by atoms with E-state index in [0.29, 0.717) is 13.0 Å². The molecule has 0 aliphatic rings. The van der Waals surface area contributed by atoms with Crippen LogP contribution in [0.15, 0.2) is 12.2 Å². The Morgan fingerprint density at radius 3 is 1.45 bits per heavy atom. The molecule has 0 spiro atoms. The molecule has 0 bridgehead atoms. The summed E-state index contributed by atoms with van der Waals surface area (Å²) < 4.78 is 33.4. The van der Waals surface area contributed by atoms with Crippen molar-refractivity contribution in [3.05, 3.63) is 12.2 Å². The van der Waals surface area contributed by atoms with Gasteiger partial charge >= 0.3 is 19.8 Å². The van der Waals surface area contributed by atoms with Gasteiger partial charge in [-0.25, -0.2) is 4.57 Å². The van der Waals surface area contributed by atoms with E-state index in [1.165, 1.54) is 116 Å². The zero-order chi connectivity index (χ0) is 39.1. The SMILES string of the molecule is CCCC/C=C\CCCCCCCC(=O)OCC(COP(=O)(O)OCCN(C)C)OC(=O)CCCCCCCCCCCCCCCCCCCCC. The van der Waals surface area contributed by atoms with Crippen molar-refractivity contribution in [3.63, 3.8) is 0 Å². The van der Waals surface area contributed by atoms with E-state index in [-0.39, 0.29) is 32.0 Å². The fraction of sp³-hybridized carbons (Fsp3) is 0.907. The Labute approximate surface area is 326 Å². The zero-order valence-electron chi connectivity index (χ0n) is 35.0. The molecule has 0 amide bonds. The van der Waals surface area contributed by atoms with Crippen LogP contribution in [0.1, 0.15) is 206 Å². The number of nitrogens with zero attached hydrogens (tertiary/aromatic N) is 1. The summed E-state index contributed by atoms with van der Waals surface area (Å²) in [6.45, 7) is 4.30. The molecule has 0 saturated heterocycles. The van der Waals surface area contributed by atoms with E-state index in [4.69, 9.17) is 18.5 Å². The van der Waals surface area contributed by atoms with Crippen molar-refractivity contribution in [3.8, 4) is 0 Å². The molecule has 2 atom stereocenters. The number of unbranched alkanes of at least 4 members (excludes halogenated alkanes) is 25. The van der Waals surface area contributed by atoms with E-state index >= 15 is 0 Å². The first-order chi connectivity index (χ1) is 25.7. The molecule has 0 aliphatic heterocycles. The van der Waals surface area contributed by atoms with Crippen LogP contribution in [0, 0.1) is 0 Å². The average molecular weight is 774 g/mol. The molecule has 0 rings (SSSR count). The number of likely N-dealkylation sites (N-methyl/N-ethyl adjacent to an activating group) is 1. The van der Waals surface area contributed by atoms with Crippen molar-refractivity contribution in [1.29, 1.82) is 0 Å². The maximum Gasteiger partial charge on any atom is 0.472 e. The maximum absolute atomic E-state index is 12.6. The summed E-state index contributed by atoms with van der Waals surface area (Å²) in [7, 11) is -0.705. The van der Waals surface area contributed by atoms with E-state index in [0.717, 1.165) is 57.8 Å². The molecule has 10 heteroatoms. The molecule has 1 N–H and O–H groups in total. The summed E-state index contributed by atoms with van der Waals surface area (Å²) in [4.78, 5) is 37.0. The number of esters is 2. The first-order valence-corrected chi connectivity index (χ1v) is 23.5. The number of rotatable bonds is 41. The van der Waals surface area contributed by atoms with Crippen molar-refractivity contribution in [1.82, 2.24) is 4.90 Å². The number of phosphoric acid groups is 1. The third-order valence-corrected chi connectivity index (χ3v) is 10.6. The van der Waals surface area contributed by atoms with Gasteiger partial charge in [-0.1, -0.05) is 174 Å². The first-order valence-electron chi connectivity index (χ1n) is 22.0. The molecule has 314 valence electrons. The molecule has 0 aromatic heterocycles. The second kappa shape index (κ2) is 39.0. The van der Waals surface area contributed by atoms with Gasteiger partial charge in [0.25, 0.3) is 0 Å². The molecular formula is C43H84NO8P. The number of carbonyl (C=O) groups is 2. The monoisotopic (exact) mass is 774 g/mol. The van der Waals surface area contributed by atoms with Crippen LogP contribution in [-0.2, 0) is 32.7 Å². The number of carbonyl (C=O) groups excluding carboxylic acids is 2. The predicted molar refractivity (Wildman–Crippen MR) is 220 cm³/mol. The number of hydrogen-bond donors (Lipinski definition) is 1. The van der Waals surface area contributed by atoms with E-state index in [9.17, 15) is 19.0 Å². The quantitative estimate of drug-likeness (QED) is 0.0281. The van der Waals surface area contributed by atoms with Crippen LogP contribution >= 0.6 is 7.82 Å². The number of allylic oxidation sites excluding steroid dienone is 2. The Balaban J connectivity index is 4.21. The minimum atomic E-state index is -4.35. The van der Waals surface area contributed by atoms with Gasteiger partial charge in [0.05, 0.1) is 13.2 Å². The number of phosphoric ester groups is 1. The van der Waals surface area contributed by atoms with Crippen molar-refractivity contribution in [2.24, 2.45) is 0 Å². The van der Waals surface area contributed by atoms with E-state index < -0.39 is 26.5 Å². The second-order valence-corrected chi connectivity index (χ2v) is 16.7. The second-order valence-electron chi connectivity index (χ2n) is 15.2. The van der Waals surface area contributed by atoms with Gasteiger partial charge in [0.2, 0.25) is 0 Å². The Morgan fingerprint density at radius 2 is 0.981 bits per heavy atom.